The fourth-order valence-corrected chi connectivity index (χ4v) is 1.35. The van der Waals surface area contributed by atoms with Crippen molar-refractivity contribution < 1.29 is 9.53 Å². The van der Waals surface area contributed by atoms with Crippen LogP contribution in [0.1, 0.15) is 33.1 Å². The van der Waals surface area contributed by atoms with Gasteiger partial charge in [-0.3, -0.25) is 4.79 Å². The highest BCUT2D eigenvalue weighted by Crippen LogP contribution is 2.03. The molecule has 0 saturated heterocycles. The fourth-order valence-electron chi connectivity index (χ4n) is 1.35. The van der Waals surface area contributed by atoms with Crippen LogP contribution >= 0.6 is 0 Å². The van der Waals surface area contributed by atoms with Gasteiger partial charge in [0, 0.05) is 26.2 Å². The Balaban J connectivity index is 3.85. The predicted octanol–water partition coefficient (Wildman–Crippen LogP) is 1.47. The number of methoxy groups -OCH3 is 1. The van der Waals surface area contributed by atoms with Crippen molar-refractivity contribution in [1.29, 1.82) is 5.26 Å². The monoisotopic (exact) mass is 212 g/mol. The van der Waals surface area contributed by atoms with Crippen molar-refractivity contribution in [1.82, 2.24) is 5.32 Å². The normalized spacial score (nSPS) is 14.0. The number of nitrogens with zero attached hydrogens (tertiary/aromatic N) is 1. The number of nitriles is 1. The lowest BCUT2D eigenvalue weighted by Crippen LogP contribution is -2.35. The number of ether oxygens (including phenoxy) is 1. The lowest BCUT2D eigenvalue weighted by Gasteiger charge is -2.15. The molecular weight excluding hydrogens is 192 g/mol. The first-order valence-electron chi connectivity index (χ1n) is 5.29. The summed E-state index contributed by atoms with van der Waals surface area (Å²) in [5.41, 5.74) is 0. The van der Waals surface area contributed by atoms with E-state index in [0.29, 0.717) is 19.4 Å². The third kappa shape index (κ3) is 6.92. The van der Waals surface area contributed by atoms with Gasteiger partial charge in [0.1, 0.15) is 0 Å². The van der Waals surface area contributed by atoms with E-state index in [2.05, 4.69) is 11.4 Å². The number of carbonyl (C=O) groups is 1. The Morgan fingerprint density at radius 3 is 2.73 bits per heavy atom. The van der Waals surface area contributed by atoms with Crippen LogP contribution in [0.2, 0.25) is 0 Å². The highest BCUT2D eigenvalue weighted by Gasteiger charge is 2.12. The summed E-state index contributed by atoms with van der Waals surface area (Å²) >= 11 is 0. The standard InChI is InChI=1S/C11H20N2O2/c1-4-10(5-6-12)13-11(14)7-9(2)8-15-3/h9-10H,4-5,7-8H2,1-3H3,(H,13,14). The molecule has 0 radical (unpaired) electrons. The number of rotatable bonds is 7. The van der Waals surface area contributed by atoms with Crippen molar-refractivity contribution in [3.63, 3.8) is 0 Å². The van der Waals surface area contributed by atoms with E-state index in [1.54, 1.807) is 7.11 Å². The summed E-state index contributed by atoms with van der Waals surface area (Å²) < 4.78 is 4.95. The molecule has 0 saturated carbocycles. The Morgan fingerprint density at radius 2 is 2.27 bits per heavy atom. The van der Waals surface area contributed by atoms with Gasteiger partial charge >= 0.3 is 0 Å². The summed E-state index contributed by atoms with van der Waals surface area (Å²) in [6, 6.07) is 2.05. The maximum Gasteiger partial charge on any atom is 0.220 e. The summed E-state index contributed by atoms with van der Waals surface area (Å²) in [4.78, 5) is 11.5. The SMILES string of the molecule is CCC(CC#N)NC(=O)CC(C)COC. The Labute approximate surface area is 91.6 Å². The van der Waals surface area contributed by atoms with Gasteiger partial charge in [-0.25, -0.2) is 0 Å². The zero-order valence-electron chi connectivity index (χ0n) is 9.75. The molecule has 15 heavy (non-hydrogen) atoms. The smallest absolute Gasteiger partial charge is 0.220 e. The minimum absolute atomic E-state index is 0.00153. The van der Waals surface area contributed by atoms with Crippen molar-refractivity contribution >= 4 is 5.91 Å². The first kappa shape index (κ1) is 13.9. The van der Waals surface area contributed by atoms with Crippen LogP contribution in [0.15, 0.2) is 0 Å². The van der Waals surface area contributed by atoms with E-state index in [4.69, 9.17) is 10.00 Å². The third-order valence-electron chi connectivity index (χ3n) is 2.18. The van der Waals surface area contributed by atoms with Crippen LogP contribution in [-0.4, -0.2) is 25.7 Å². The number of hydrogen-bond donors (Lipinski definition) is 1. The van der Waals surface area contributed by atoms with Crippen molar-refractivity contribution in [3.05, 3.63) is 0 Å². The fraction of sp³-hybridized carbons (Fsp3) is 0.818. The zero-order valence-corrected chi connectivity index (χ0v) is 9.75. The molecule has 4 nitrogen and oxygen atoms in total. The second kappa shape index (κ2) is 8.25. The van der Waals surface area contributed by atoms with Crippen LogP contribution < -0.4 is 5.32 Å². The number of hydrogen-bond acceptors (Lipinski definition) is 3. The highest BCUT2D eigenvalue weighted by molar-refractivity contribution is 5.76. The van der Waals surface area contributed by atoms with E-state index < -0.39 is 0 Å². The van der Waals surface area contributed by atoms with Crippen LogP contribution in [0.3, 0.4) is 0 Å². The van der Waals surface area contributed by atoms with E-state index in [9.17, 15) is 4.79 Å². The van der Waals surface area contributed by atoms with Crippen LogP contribution in [0.4, 0.5) is 0 Å². The average Bonchev–Trinajstić information content (AvgIpc) is 2.17. The van der Waals surface area contributed by atoms with E-state index in [0.717, 1.165) is 6.42 Å². The van der Waals surface area contributed by atoms with Gasteiger partial charge in [-0.1, -0.05) is 13.8 Å². The first-order chi connectivity index (χ1) is 7.13. The summed E-state index contributed by atoms with van der Waals surface area (Å²) in [6.07, 6.45) is 1.62. The van der Waals surface area contributed by atoms with Gasteiger partial charge in [-0.2, -0.15) is 5.26 Å². The van der Waals surface area contributed by atoms with Crippen molar-refractivity contribution in [3.8, 4) is 6.07 Å². The number of amides is 1. The van der Waals surface area contributed by atoms with Gasteiger partial charge in [-0.15, -0.1) is 0 Å². The van der Waals surface area contributed by atoms with Crippen LogP contribution in [-0.2, 0) is 9.53 Å². The molecule has 0 aliphatic rings. The van der Waals surface area contributed by atoms with Gasteiger partial charge in [0.25, 0.3) is 0 Å². The molecule has 0 aromatic rings. The molecule has 0 aliphatic heterocycles. The molecule has 2 unspecified atom stereocenters. The van der Waals surface area contributed by atoms with Crippen molar-refractivity contribution in [2.75, 3.05) is 13.7 Å². The minimum Gasteiger partial charge on any atom is -0.384 e. The zero-order chi connectivity index (χ0) is 11.7. The largest absolute Gasteiger partial charge is 0.384 e. The number of carbonyl (C=O) groups excluding carboxylic acids is 1. The maximum absolute atomic E-state index is 11.5. The maximum atomic E-state index is 11.5. The highest BCUT2D eigenvalue weighted by atomic mass is 16.5. The predicted molar refractivity (Wildman–Crippen MR) is 58.1 cm³/mol. The molecule has 0 heterocycles. The van der Waals surface area contributed by atoms with Crippen molar-refractivity contribution in [2.45, 2.75) is 39.2 Å². The van der Waals surface area contributed by atoms with E-state index in [1.165, 1.54) is 0 Å². The summed E-state index contributed by atoms with van der Waals surface area (Å²) in [7, 11) is 1.62. The van der Waals surface area contributed by atoms with Gasteiger partial charge in [-0.05, 0) is 12.3 Å². The van der Waals surface area contributed by atoms with E-state index in [1.807, 2.05) is 13.8 Å². The van der Waals surface area contributed by atoms with Crippen LogP contribution in [0.5, 0.6) is 0 Å². The molecule has 0 spiro atoms. The Bertz CT molecular complexity index is 223. The average molecular weight is 212 g/mol. The summed E-state index contributed by atoms with van der Waals surface area (Å²) in [6.45, 7) is 4.51. The molecule has 0 rings (SSSR count). The summed E-state index contributed by atoms with van der Waals surface area (Å²) in [5, 5.41) is 11.4. The third-order valence-corrected chi connectivity index (χ3v) is 2.18. The molecule has 1 N–H and O–H groups in total. The molecular formula is C11H20N2O2. The van der Waals surface area contributed by atoms with Gasteiger partial charge in [0.05, 0.1) is 12.5 Å². The van der Waals surface area contributed by atoms with Gasteiger partial charge < -0.3 is 10.1 Å². The molecule has 0 aromatic carbocycles. The topological polar surface area (TPSA) is 62.1 Å². The summed E-state index contributed by atoms with van der Waals surface area (Å²) in [5.74, 6) is 0.219. The molecule has 2 atom stereocenters. The van der Waals surface area contributed by atoms with Crippen LogP contribution in [0.25, 0.3) is 0 Å². The molecule has 4 heteroatoms. The lowest BCUT2D eigenvalue weighted by atomic mass is 10.1. The molecule has 0 bridgehead atoms. The van der Waals surface area contributed by atoms with E-state index >= 15 is 0 Å². The quantitative estimate of drug-likeness (QED) is 0.695. The second-order valence-corrected chi connectivity index (χ2v) is 3.80. The molecule has 0 aliphatic carbocycles. The number of nitrogens with one attached hydrogen (secondary N) is 1. The molecule has 0 fully saturated rings. The Kier molecular flexibility index (Phi) is 7.65. The van der Waals surface area contributed by atoms with Gasteiger partial charge in [0.2, 0.25) is 5.91 Å². The Hall–Kier alpha value is -1.08. The minimum atomic E-state index is -0.0164. The van der Waals surface area contributed by atoms with E-state index in [-0.39, 0.29) is 17.9 Å². The Morgan fingerprint density at radius 1 is 1.60 bits per heavy atom. The lowest BCUT2D eigenvalue weighted by molar-refractivity contribution is -0.123. The van der Waals surface area contributed by atoms with Crippen molar-refractivity contribution in [2.24, 2.45) is 5.92 Å². The van der Waals surface area contributed by atoms with Gasteiger partial charge in [0.15, 0.2) is 0 Å². The molecule has 0 aromatic heterocycles. The molecule has 86 valence electrons. The first-order valence-corrected chi connectivity index (χ1v) is 5.29. The van der Waals surface area contributed by atoms with Crippen LogP contribution in [0, 0.1) is 17.2 Å². The second-order valence-electron chi connectivity index (χ2n) is 3.80. The molecule has 1 amide bonds.